The van der Waals surface area contributed by atoms with Crippen LogP contribution < -0.4 is 11.1 Å². The molecule has 1 heterocycles. The molecule has 0 aromatic heterocycles. The van der Waals surface area contributed by atoms with Crippen molar-refractivity contribution in [3.8, 4) is 0 Å². The van der Waals surface area contributed by atoms with E-state index in [0.29, 0.717) is 0 Å². The zero-order valence-electron chi connectivity index (χ0n) is 9.88. The summed E-state index contributed by atoms with van der Waals surface area (Å²) < 4.78 is 0. The van der Waals surface area contributed by atoms with Crippen LogP contribution in [0, 0.1) is 0 Å². The van der Waals surface area contributed by atoms with E-state index < -0.39 is 11.1 Å². The quantitative estimate of drug-likeness (QED) is 0.675. The standard InChI is InChI=1S/C11H19N3O2/c1-10(2,12)7-14-8(15)11(13-9(14)16)5-3-4-6-11/h3-7,12H2,1-2H3,(H,13,16). The Hall–Kier alpha value is -1.10. The fourth-order valence-electron chi connectivity index (χ4n) is 2.54. The Morgan fingerprint density at radius 2 is 1.94 bits per heavy atom. The number of nitrogens with one attached hydrogen (secondary N) is 1. The van der Waals surface area contributed by atoms with E-state index in [1.807, 2.05) is 13.8 Å². The van der Waals surface area contributed by atoms with Gasteiger partial charge in [0.1, 0.15) is 5.54 Å². The summed E-state index contributed by atoms with van der Waals surface area (Å²) in [7, 11) is 0. The second-order valence-corrected chi connectivity index (χ2v) is 5.60. The van der Waals surface area contributed by atoms with Gasteiger partial charge in [-0.3, -0.25) is 9.69 Å². The summed E-state index contributed by atoms with van der Waals surface area (Å²) >= 11 is 0. The van der Waals surface area contributed by atoms with Gasteiger partial charge in [-0.2, -0.15) is 0 Å². The van der Waals surface area contributed by atoms with Crippen LogP contribution in [0.1, 0.15) is 39.5 Å². The molecule has 16 heavy (non-hydrogen) atoms. The SMILES string of the molecule is CC(C)(N)CN1C(=O)NC2(CCCC2)C1=O. The van der Waals surface area contributed by atoms with Crippen LogP contribution in [-0.4, -0.2) is 34.5 Å². The first-order valence-electron chi connectivity index (χ1n) is 5.77. The van der Waals surface area contributed by atoms with Gasteiger partial charge < -0.3 is 11.1 Å². The van der Waals surface area contributed by atoms with E-state index in [0.717, 1.165) is 25.7 Å². The zero-order valence-corrected chi connectivity index (χ0v) is 9.88. The highest BCUT2D eigenvalue weighted by Crippen LogP contribution is 2.35. The fourth-order valence-corrected chi connectivity index (χ4v) is 2.54. The lowest BCUT2D eigenvalue weighted by Gasteiger charge is -2.25. The molecule has 0 unspecified atom stereocenters. The Bertz CT molecular complexity index is 327. The minimum absolute atomic E-state index is 0.0893. The van der Waals surface area contributed by atoms with Gasteiger partial charge >= 0.3 is 6.03 Å². The van der Waals surface area contributed by atoms with Crippen molar-refractivity contribution in [2.24, 2.45) is 5.73 Å². The summed E-state index contributed by atoms with van der Waals surface area (Å²) in [5.41, 5.74) is 4.70. The van der Waals surface area contributed by atoms with Crippen LogP contribution in [0.5, 0.6) is 0 Å². The van der Waals surface area contributed by atoms with Crippen molar-refractivity contribution in [2.75, 3.05) is 6.54 Å². The number of carbonyl (C=O) groups is 2. The Morgan fingerprint density at radius 3 is 2.44 bits per heavy atom. The minimum atomic E-state index is -0.609. The number of amides is 3. The van der Waals surface area contributed by atoms with Crippen LogP contribution in [0.25, 0.3) is 0 Å². The molecule has 1 aliphatic heterocycles. The highest BCUT2D eigenvalue weighted by molar-refractivity contribution is 6.07. The van der Waals surface area contributed by atoms with E-state index in [1.165, 1.54) is 4.90 Å². The Balaban J connectivity index is 2.17. The molecule has 1 saturated heterocycles. The summed E-state index contributed by atoms with van der Waals surface area (Å²) in [6, 6.07) is -0.287. The van der Waals surface area contributed by atoms with Gasteiger partial charge in [-0.15, -0.1) is 0 Å². The second-order valence-electron chi connectivity index (χ2n) is 5.60. The van der Waals surface area contributed by atoms with Gasteiger partial charge in [0.05, 0.1) is 0 Å². The van der Waals surface area contributed by atoms with E-state index in [1.54, 1.807) is 0 Å². The Kier molecular flexibility index (Phi) is 2.45. The topological polar surface area (TPSA) is 75.4 Å². The summed E-state index contributed by atoms with van der Waals surface area (Å²) in [6.07, 6.45) is 3.54. The van der Waals surface area contributed by atoms with Crippen LogP contribution in [0.4, 0.5) is 4.79 Å². The number of rotatable bonds is 2. The largest absolute Gasteiger partial charge is 0.325 e. The molecular weight excluding hydrogens is 206 g/mol. The fraction of sp³-hybridized carbons (Fsp3) is 0.818. The number of hydrogen-bond acceptors (Lipinski definition) is 3. The molecule has 0 aromatic carbocycles. The number of nitrogens with zero attached hydrogens (tertiary/aromatic N) is 1. The van der Waals surface area contributed by atoms with Gasteiger partial charge in [-0.05, 0) is 26.7 Å². The van der Waals surface area contributed by atoms with E-state index in [9.17, 15) is 9.59 Å². The lowest BCUT2D eigenvalue weighted by Crippen LogP contribution is -2.49. The number of carbonyl (C=O) groups excluding carboxylic acids is 2. The monoisotopic (exact) mass is 225 g/mol. The van der Waals surface area contributed by atoms with Crippen molar-refractivity contribution >= 4 is 11.9 Å². The molecule has 3 N–H and O–H groups in total. The third kappa shape index (κ3) is 1.80. The van der Waals surface area contributed by atoms with E-state index in [4.69, 9.17) is 5.73 Å². The number of hydrogen-bond donors (Lipinski definition) is 2. The molecule has 2 fully saturated rings. The summed E-state index contributed by atoms with van der Waals surface area (Å²) in [5, 5.41) is 2.83. The summed E-state index contributed by atoms with van der Waals surface area (Å²) in [5.74, 6) is -0.0893. The number of urea groups is 1. The highest BCUT2D eigenvalue weighted by Gasteiger charge is 2.52. The van der Waals surface area contributed by atoms with Crippen molar-refractivity contribution in [2.45, 2.75) is 50.6 Å². The maximum atomic E-state index is 12.2. The third-order valence-electron chi connectivity index (χ3n) is 3.27. The first-order chi connectivity index (χ1) is 7.34. The maximum Gasteiger partial charge on any atom is 0.325 e. The normalized spacial score (nSPS) is 24.3. The molecule has 2 rings (SSSR count). The van der Waals surface area contributed by atoms with Crippen molar-refractivity contribution in [3.05, 3.63) is 0 Å². The molecule has 3 amide bonds. The van der Waals surface area contributed by atoms with Gasteiger partial charge in [0.15, 0.2) is 0 Å². The third-order valence-corrected chi connectivity index (χ3v) is 3.27. The van der Waals surface area contributed by atoms with E-state index in [-0.39, 0.29) is 18.5 Å². The van der Waals surface area contributed by atoms with Crippen LogP contribution in [0.3, 0.4) is 0 Å². The molecule has 2 aliphatic rings. The average Bonchev–Trinajstić information content (AvgIpc) is 2.68. The Labute approximate surface area is 95.3 Å². The van der Waals surface area contributed by atoms with Crippen LogP contribution in [-0.2, 0) is 4.79 Å². The molecule has 0 bridgehead atoms. The minimum Gasteiger partial charge on any atom is -0.324 e. The predicted octanol–water partition coefficient (Wildman–Crippen LogP) is 0.588. The number of imide groups is 1. The smallest absolute Gasteiger partial charge is 0.324 e. The molecule has 5 nitrogen and oxygen atoms in total. The Morgan fingerprint density at radius 1 is 1.38 bits per heavy atom. The summed E-state index contributed by atoms with van der Waals surface area (Å²) in [4.78, 5) is 25.2. The lowest BCUT2D eigenvalue weighted by atomic mass is 9.97. The maximum absolute atomic E-state index is 12.2. The van der Waals surface area contributed by atoms with Gasteiger partial charge in [-0.25, -0.2) is 4.79 Å². The molecule has 1 aliphatic carbocycles. The second kappa shape index (κ2) is 3.45. The van der Waals surface area contributed by atoms with Crippen molar-refractivity contribution < 1.29 is 9.59 Å². The zero-order chi connectivity index (χ0) is 12.0. The molecule has 1 saturated carbocycles. The van der Waals surface area contributed by atoms with Crippen molar-refractivity contribution in [1.29, 1.82) is 0 Å². The van der Waals surface area contributed by atoms with E-state index in [2.05, 4.69) is 5.32 Å². The first kappa shape index (κ1) is 11.4. The van der Waals surface area contributed by atoms with E-state index >= 15 is 0 Å². The highest BCUT2D eigenvalue weighted by atomic mass is 16.2. The van der Waals surface area contributed by atoms with Gasteiger partial charge in [0, 0.05) is 12.1 Å². The van der Waals surface area contributed by atoms with Gasteiger partial charge in [-0.1, -0.05) is 12.8 Å². The van der Waals surface area contributed by atoms with Crippen molar-refractivity contribution in [1.82, 2.24) is 10.2 Å². The van der Waals surface area contributed by atoms with Gasteiger partial charge in [0.25, 0.3) is 5.91 Å². The molecular formula is C11H19N3O2. The predicted molar refractivity (Wildman–Crippen MR) is 59.7 cm³/mol. The van der Waals surface area contributed by atoms with Crippen LogP contribution in [0.2, 0.25) is 0 Å². The van der Waals surface area contributed by atoms with Crippen LogP contribution in [0.15, 0.2) is 0 Å². The molecule has 0 atom stereocenters. The molecule has 0 radical (unpaired) electrons. The van der Waals surface area contributed by atoms with Gasteiger partial charge in [0.2, 0.25) is 0 Å². The summed E-state index contributed by atoms with van der Waals surface area (Å²) in [6.45, 7) is 3.90. The van der Waals surface area contributed by atoms with Crippen molar-refractivity contribution in [3.63, 3.8) is 0 Å². The molecule has 5 heteroatoms. The average molecular weight is 225 g/mol. The van der Waals surface area contributed by atoms with Crippen LogP contribution >= 0.6 is 0 Å². The molecule has 1 spiro atoms. The molecule has 0 aromatic rings. The lowest BCUT2D eigenvalue weighted by molar-refractivity contribution is -0.131. The molecule has 90 valence electrons. The number of nitrogens with two attached hydrogens (primary N) is 1. The first-order valence-corrected chi connectivity index (χ1v) is 5.77.